The molecule has 1 aliphatic rings. The summed E-state index contributed by atoms with van der Waals surface area (Å²) in [5.74, 6) is 0. The van der Waals surface area contributed by atoms with Crippen molar-refractivity contribution < 1.29 is 4.74 Å². The quantitative estimate of drug-likeness (QED) is 0.866. The van der Waals surface area contributed by atoms with Crippen molar-refractivity contribution in [3.63, 3.8) is 0 Å². The summed E-state index contributed by atoms with van der Waals surface area (Å²) in [7, 11) is 0. The van der Waals surface area contributed by atoms with E-state index in [1.54, 1.807) is 0 Å². The van der Waals surface area contributed by atoms with Crippen molar-refractivity contribution in [3.05, 3.63) is 28.8 Å². The Hall–Kier alpha value is -0.770. The SMILES string of the molecule is Cc1c(Cl)cccc1NCCC1COCCN1. The first kappa shape index (κ1) is 12.7. The number of anilines is 1. The second-order valence-electron chi connectivity index (χ2n) is 4.35. The molecule has 3 nitrogen and oxygen atoms in total. The molecule has 17 heavy (non-hydrogen) atoms. The van der Waals surface area contributed by atoms with Gasteiger partial charge in [-0.2, -0.15) is 0 Å². The van der Waals surface area contributed by atoms with Gasteiger partial charge in [-0.15, -0.1) is 0 Å². The van der Waals surface area contributed by atoms with Gasteiger partial charge < -0.3 is 15.4 Å². The number of benzene rings is 1. The predicted molar refractivity (Wildman–Crippen MR) is 71.9 cm³/mol. The largest absolute Gasteiger partial charge is 0.385 e. The Morgan fingerprint density at radius 2 is 2.41 bits per heavy atom. The summed E-state index contributed by atoms with van der Waals surface area (Å²) in [6, 6.07) is 6.42. The van der Waals surface area contributed by atoms with Crippen LogP contribution in [0.3, 0.4) is 0 Å². The number of ether oxygens (including phenoxy) is 1. The van der Waals surface area contributed by atoms with Crippen LogP contribution in [0, 0.1) is 6.92 Å². The summed E-state index contributed by atoms with van der Waals surface area (Å²) in [5, 5.41) is 7.68. The highest BCUT2D eigenvalue weighted by Gasteiger charge is 2.12. The summed E-state index contributed by atoms with van der Waals surface area (Å²) in [6.07, 6.45) is 1.06. The van der Waals surface area contributed by atoms with Gasteiger partial charge in [0.25, 0.3) is 0 Å². The van der Waals surface area contributed by atoms with Crippen LogP contribution in [0.25, 0.3) is 0 Å². The lowest BCUT2D eigenvalue weighted by molar-refractivity contribution is 0.0753. The molecule has 1 fully saturated rings. The van der Waals surface area contributed by atoms with E-state index >= 15 is 0 Å². The minimum absolute atomic E-state index is 0.468. The monoisotopic (exact) mass is 254 g/mol. The van der Waals surface area contributed by atoms with Gasteiger partial charge in [-0.3, -0.25) is 0 Å². The Balaban J connectivity index is 1.79. The summed E-state index contributed by atoms with van der Waals surface area (Å²) in [4.78, 5) is 0. The van der Waals surface area contributed by atoms with Crippen LogP contribution < -0.4 is 10.6 Å². The van der Waals surface area contributed by atoms with Crippen molar-refractivity contribution in [3.8, 4) is 0 Å². The average Bonchev–Trinajstić information content (AvgIpc) is 2.36. The molecule has 0 saturated carbocycles. The molecule has 0 radical (unpaired) electrons. The third kappa shape index (κ3) is 3.60. The predicted octanol–water partition coefficient (Wildman–Crippen LogP) is 2.44. The van der Waals surface area contributed by atoms with E-state index in [-0.39, 0.29) is 0 Å². The van der Waals surface area contributed by atoms with Crippen LogP contribution in [0.15, 0.2) is 18.2 Å². The van der Waals surface area contributed by atoms with Crippen molar-refractivity contribution in [1.29, 1.82) is 0 Å². The highest BCUT2D eigenvalue weighted by molar-refractivity contribution is 6.31. The number of nitrogens with one attached hydrogen (secondary N) is 2. The van der Waals surface area contributed by atoms with Gasteiger partial charge in [0.1, 0.15) is 0 Å². The molecule has 0 aliphatic carbocycles. The van der Waals surface area contributed by atoms with E-state index in [4.69, 9.17) is 16.3 Å². The van der Waals surface area contributed by atoms with E-state index in [2.05, 4.69) is 16.7 Å². The van der Waals surface area contributed by atoms with Crippen LogP contribution in [0.1, 0.15) is 12.0 Å². The summed E-state index contributed by atoms with van der Waals surface area (Å²) < 4.78 is 5.42. The number of morpholine rings is 1. The fourth-order valence-corrected chi connectivity index (χ4v) is 2.16. The summed E-state index contributed by atoms with van der Waals surface area (Å²) >= 11 is 6.07. The zero-order valence-electron chi connectivity index (χ0n) is 10.1. The van der Waals surface area contributed by atoms with Crippen molar-refractivity contribution in [2.45, 2.75) is 19.4 Å². The van der Waals surface area contributed by atoms with E-state index in [0.717, 1.165) is 49.0 Å². The maximum atomic E-state index is 6.07. The molecule has 1 aromatic rings. The topological polar surface area (TPSA) is 33.3 Å². The van der Waals surface area contributed by atoms with Crippen molar-refractivity contribution in [2.24, 2.45) is 0 Å². The van der Waals surface area contributed by atoms with Gasteiger partial charge in [-0.1, -0.05) is 17.7 Å². The molecule has 4 heteroatoms. The number of rotatable bonds is 4. The zero-order chi connectivity index (χ0) is 12.1. The standard InChI is InChI=1S/C13H19ClN2O/c1-10-12(14)3-2-4-13(10)16-6-5-11-9-17-8-7-15-11/h2-4,11,15-16H,5-9H2,1H3. The number of hydrogen-bond acceptors (Lipinski definition) is 3. The highest BCUT2D eigenvalue weighted by atomic mass is 35.5. The van der Waals surface area contributed by atoms with E-state index in [9.17, 15) is 0 Å². The molecule has 0 amide bonds. The second kappa shape index (κ2) is 6.24. The molecule has 1 unspecified atom stereocenters. The molecule has 2 N–H and O–H groups in total. The molecule has 1 heterocycles. The van der Waals surface area contributed by atoms with Gasteiger partial charge in [0.15, 0.2) is 0 Å². The Morgan fingerprint density at radius 1 is 1.53 bits per heavy atom. The zero-order valence-corrected chi connectivity index (χ0v) is 10.9. The van der Waals surface area contributed by atoms with Gasteiger partial charge in [-0.05, 0) is 31.0 Å². The third-order valence-electron chi connectivity index (χ3n) is 3.07. The third-order valence-corrected chi connectivity index (χ3v) is 3.48. The molecular weight excluding hydrogens is 236 g/mol. The maximum Gasteiger partial charge on any atom is 0.0620 e. The first-order chi connectivity index (χ1) is 8.27. The molecule has 1 aliphatic heterocycles. The van der Waals surface area contributed by atoms with Crippen LogP contribution in [0.5, 0.6) is 0 Å². The lowest BCUT2D eigenvalue weighted by Gasteiger charge is -2.24. The molecule has 0 spiro atoms. The Bertz CT molecular complexity index is 364. The molecule has 1 aromatic carbocycles. The van der Waals surface area contributed by atoms with Crippen LogP contribution in [0.4, 0.5) is 5.69 Å². The number of hydrogen-bond donors (Lipinski definition) is 2. The van der Waals surface area contributed by atoms with Crippen molar-refractivity contribution >= 4 is 17.3 Å². The maximum absolute atomic E-state index is 6.07. The minimum Gasteiger partial charge on any atom is -0.385 e. The summed E-state index contributed by atoms with van der Waals surface area (Å²) in [6.45, 7) is 5.57. The fraction of sp³-hybridized carbons (Fsp3) is 0.538. The van der Waals surface area contributed by atoms with Crippen LogP contribution in [-0.2, 0) is 4.74 Å². The van der Waals surface area contributed by atoms with Crippen molar-refractivity contribution in [2.75, 3.05) is 31.6 Å². The lowest BCUT2D eigenvalue weighted by Crippen LogP contribution is -2.42. The molecular formula is C13H19ClN2O. The lowest BCUT2D eigenvalue weighted by atomic mass is 10.1. The number of halogens is 1. The smallest absolute Gasteiger partial charge is 0.0620 e. The average molecular weight is 255 g/mol. The van der Waals surface area contributed by atoms with E-state index in [0.29, 0.717) is 6.04 Å². The molecule has 0 aromatic heterocycles. The Morgan fingerprint density at radius 3 is 3.18 bits per heavy atom. The highest BCUT2D eigenvalue weighted by Crippen LogP contribution is 2.22. The molecule has 1 saturated heterocycles. The molecule has 94 valence electrons. The first-order valence-corrected chi connectivity index (χ1v) is 6.45. The van der Waals surface area contributed by atoms with Crippen LogP contribution in [0.2, 0.25) is 5.02 Å². The van der Waals surface area contributed by atoms with Crippen molar-refractivity contribution in [1.82, 2.24) is 5.32 Å². The molecule has 0 bridgehead atoms. The van der Waals surface area contributed by atoms with Gasteiger partial charge in [0, 0.05) is 29.8 Å². The van der Waals surface area contributed by atoms with Gasteiger partial charge in [0.05, 0.1) is 13.2 Å². The van der Waals surface area contributed by atoms with E-state index in [1.165, 1.54) is 0 Å². The molecule has 1 atom stereocenters. The van der Waals surface area contributed by atoms with Gasteiger partial charge >= 0.3 is 0 Å². The Labute approximate surface area is 107 Å². The van der Waals surface area contributed by atoms with E-state index in [1.807, 2.05) is 19.1 Å². The van der Waals surface area contributed by atoms with E-state index < -0.39 is 0 Å². The molecule has 2 rings (SSSR count). The first-order valence-electron chi connectivity index (χ1n) is 6.07. The van der Waals surface area contributed by atoms with Crippen LogP contribution >= 0.6 is 11.6 Å². The van der Waals surface area contributed by atoms with Gasteiger partial charge in [-0.25, -0.2) is 0 Å². The Kier molecular flexibility index (Phi) is 4.66. The van der Waals surface area contributed by atoms with Gasteiger partial charge in [0.2, 0.25) is 0 Å². The minimum atomic E-state index is 0.468. The summed E-state index contributed by atoms with van der Waals surface area (Å²) in [5.41, 5.74) is 2.23. The fourth-order valence-electron chi connectivity index (χ4n) is 1.99. The normalized spacial score (nSPS) is 20.2. The van der Waals surface area contributed by atoms with Crippen LogP contribution in [-0.4, -0.2) is 32.3 Å². The second-order valence-corrected chi connectivity index (χ2v) is 4.76.